The van der Waals surface area contributed by atoms with Crippen LogP contribution < -0.4 is 5.32 Å². The van der Waals surface area contributed by atoms with Gasteiger partial charge in [-0.1, -0.05) is 54.6 Å². The van der Waals surface area contributed by atoms with E-state index in [2.05, 4.69) is 17.5 Å². The zero-order chi connectivity index (χ0) is 12.8. The number of rotatable bonds is 2. The normalized spacial score (nSPS) is 21.8. The maximum atomic E-state index is 6.14. The number of hydrogen-bond acceptors (Lipinski definition) is 1. The Labute approximate surface area is 119 Å². The summed E-state index contributed by atoms with van der Waals surface area (Å²) >= 11 is 12.1. The van der Waals surface area contributed by atoms with Crippen LogP contribution in [-0.2, 0) is 0 Å². The van der Waals surface area contributed by atoms with Gasteiger partial charge >= 0.3 is 0 Å². The van der Waals surface area contributed by atoms with E-state index in [0.717, 1.165) is 22.2 Å². The Morgan fingerprint density at radius 1 is 1.11 bits per heavy atom. The molecule has 0 aromatic heterocycles. The van der Waals surface area contributed by atoms with Crippen LogP contribution in [0.4, 0.5) is 0 Å². The standard InChI is InChI=1S/C15H19Cl2N/c16-13-7-9-15(17)12(11-13)6-8-14-5-3-1-2-4-10-18-14/h6-9,11,14,18H,1-5,10H2/b8-6+. The molecular formula is C15H19Cl2N. The largest absolute Gasteiger partial charge is 0.311 e. The predicted octanol–water partition coefficient (Wildman–Crippen LogP) is 4.93. The van der Waals surface area contributed by atoms with Crippen molar-refractivity contribution in [3.63, 3.8) is 0 Å². The number of benzene rings is 1. The predicted molar refractivity (Wildman–Crippen MR) is 80.4 cm³/mol. The van der Waals surface area contributed by atoms with Crippen molar-refractivity contribution in [1.82, 2.24) is 5.32 Å². The SMILES string of the molecule is Clc1ccc(Cl)c(/C=C/C2CCCCCCN2)c1. The van der Waals surface area contributed by atoms with Gasteiger partial charge in [-0.15, -0.1) is 0 Å². The molecule has 1 N–H and O–H groups in total. The highest BCUT2D eigenvalue weighted by molar-refractivity contribution is 6.34. The van der Waals surface area contributed by atoms with E-state index in [1.165, 1.54) is 32.1 Å². The van der Waals surface area contributed by atoms with Gasteiger partial charge in [0.2, 0.25) is 0 Å². The van der Waals surface area contributed by atoms with Gasteiger partial charge in [0.1, 0.15) is 0 Å². The lowest BCUT2D eigenvalue weighted by molar-refractivity contribution is 0.465. The molecule has 1 aliphatic heterocycles. The van der Waals surface area contributed by atoms with E-state index in [0.29, 0.717) is 6.04 Å². The van der Waals surface area contributed by atoms with Gasteiger partial charge in [-0.3, -0.25) is 0 Å². The summed E-state index contributed by atoms with van der Waals surface area (Å²) in [6.07, 6.45) is 10.8. The smallest absolute Gasteiger partial charge is 0.0479 e. The molecule has 1 aliphatic rings. The van der Waals surface area contributed by atoms with Crippen molar-refractivity contribution >= 4 is 29.3 Å². The first-order valence-corrected chi connectivity index (χ1v) is 7.38. The summed E-state index contributed by atoms with van der Waals surface area (Å²) in [6, 6.07) is 6.02. The fourth-order valence-corrected chi connectivity index (χ4v) is 2.62. The van der Waals surface area contributed by atoms with E-state index in [1.54, 1.807) is 0 Å². The van der Waals surface area contributed by atoms with E-state index >= 15 is 0 Å². The monoisotopic (exact) mass is 283 g/mol. The van der Waals surface area contributed by atoms with Gasteiger partial charge in [0.15, 0.2) is 0 Å². The molecule has 1 aromatic carbocycles. The second kappa shape index (κ2) is 7.18. The maximum absolute atomic E-state index is 6.14. The first kappa shape index (κ1) is 13.9. The van der Waals surface area contributed by atoms with Crippen molar-refractivity contribution in [3.8, 4) is 0 Å². The molecule has 98 valence electrons. The zero-order valence-corrected chi connectivity index (χ0v) is 12.0. The van der Waals surface area contributed by atoms with Crippen molar-refractivity contribution < 1.29 is 0 Å². The summed E-state index contributed by atoms with van der Waals surface area (Å²) in [5.41, 5.74) is 0.994. The van der Waals surface area contributed by atoms with Crippen LogP contribution in [-0.4, -0.2) is 12.6 Å². The van der Waals surface area contributed by atoms with Gasteiger partial charge in [0, 0.05) is 16.1 Å². The Balaban J connectivity index is 2.01. The van der Waals surface area contributed by atoms with Crippen LogP contribution in [0.3, 0.4) is 0 Å². The molecule has 0 spiro atoms. The van der Waals surface area contributed by atoms with Crippen LogP contribution in [0, 0.1) is 0 Å². The first-order chi connectivity index (χ1) is 8.75. The third-order valence-corrected chi connectivity index (χ3v) is 3.89. The Hall–Kier alpha value is -0.500. The summed E-state index contributed by atoms with van der Waals surface area (Å²) in [5, 5.41) is 5.04. The highest BCUT2D eigenvalue weighted by atomic mass is 35.5. The Morgan fingerprint density at radius 3 is 2.83 bits per heavy atom. The second-order valence-corrected chi connectivity index (χ2v) is 5.63. The highest BCUT2D eigenvalue weighted by Crippen LogP contribution is 2.22. The summed E-state index contributed by atoms with van der Waals surface area (Å²) in [7, 11) is 0. The molecule has 1 nitrogen and oxygen atoms in total. The molecule has 1 heterocycles. The van der Waals surface area contributed by atoms with Gasteiger partial charge in [0.05, 0.1) is 0 Å². The molecule has 0 saturated carbocycles. The van der Waals surface area contributed by atoms with Gasteiger partial charge in [0.25, 0.3) is 0 Å². The zero-order valence-electron chi connectivity index (χ0n) is 10.5. The summed E-state index contributed by atoms with van der Waals surface area (Å²) in [6.45, 7) is 1.11. The molecule has 1 fully saturated rings. The van der Waals surface area contributed by atoms with E-state index in [4.69, 9.17) is 23.2 Å². The highest BCUT2D eigenvalue weighted by Gasteiger charge is 2.07. The lowest BCUT2D eigenvalue weighted by Crippen LogP contribution is -2.29. The van der Waals surface area contributed by atoms with E-state index in [1.807, 2.05) is 18.2 Å². The molecule has 0 radical (unpaired) electrons. The Morgan fingerprint density at radius 2 is 1.94 bits per heavy atom. The topological polar surface area (TPSA) is 12.0 Å². The third-order valence-electron chi connectivity index (χ3n) is 3.31. The van der Waals surface area contributed by atoms with Crippen molar-refractivity contribution in [1.29, 1.82) is 0 Å². The number of halogens is 2. The molecule has 0 bridgehead atoms. The number of hydrogen-bond donors (Lipinski definition) is 1. The molecule has 1 aromatic rings. The second-order valence-electron chi connectivity index (χ2n) is 4.79. The minimum Gasteiger partial charge on any atom is -0.311 e. The van der Waals surface area contributed by atoms with Gasteiger partial charge < -0.3 is 5.32 Å². The third kappa shape index (κ3) is 4.31. The molecular weight excluding hydrogens is 265 g/mol. The summed E-state index contributed by atoms with van der Waals surface area (Å²) < 4.78 is 0. The van der Waals surface area contributed by atoms with Gasteiger partial charge in [-0.25, -0.2) is 0 Å². The van der Waals surface area contributed by atoms with E-state index in [9.17, 15) is 0 Å². The molecule has 1 saturated heterocycles. The summed E-state index contributed by atoms with van der Waals surface area (Å²) in [5.74, 6) is 0. The van der Waals surface area contributed by atoms with Crippen molar-refractivity contribution in [3.05, 3.63) is 39.9 Å². The maximum Gasteiger partial charge on any atom is 0.0479 e. The van der Waals surface area contributed by atoms with Crippen LogP contribution in [0.1, 0.15) is 37.7 Å². The van der Waals surface area contributed by atoms with Crippen molar-refractivity contribution in [2.75, 3.05) is 6.54 Å². The fourth-order valence-electron chi connectivity index (χ4n) is 2.26. The minimum atomic E-state index is 0.459. The van der Waals surface area contributed by atoms with Crippen LogP contribution in [0.5, 0.6) is 0 Å². The van der Waals surface area contributed by atoms with Gasteiger partial charge in [-0.2, -0.15) is 0 Å². The lowest BCUT2D eigenvalue weighted by Gasteiger charge is -2.18. The van der Waals surface area contributed by atoms with Crippen LogP contribution in [0.25, 0.3) is 6.08 Å². The van der Waals surface area contributed by atoms with Crippen molar-refractivity contribution in [2.24, 2.45) is 0 Å². The number of nitrogens with one attached hydrogen (secondary N) is 1. The van der Waals surface area contributed by atoms with Crippen LogP contribution in [0.15, 0.2) is 24.3 Å². The average Bonchev–Trinajstić information content (AvgIpc) is 2.32. The molecule has 3 heteroatoms. The molecule has 1 atom stereocenters. The minimum absolute atomic E-state index is 0.459. The molecule has 1 unspecified atom stereocenters. The Kier molecular flexibility index (Phi) is 5.55. The molecule has 2 rings (SSSR count). The average molecular weight is 284 g/mol. The van der Waals surface area contributed by atoms with Gasteiger partial charge in [-0.05, 0) is 43.1 Å². The van der Waals surface area contributed by atoms with Crippen molar-refractivity contribution in [2.45, 2.75) is 38.1 Å². The fraction of sp³-hybridized carbons (Fsp3) is 0.467. The molecule has 18 heavy (non-hydrogen) atoms. The van der Waals surface area contributed by atoms with Crippen LogP contribution >= 0.6 is 23.2 Å². The first-order valence-electron chi connectivity index (χ1n) is 6.62. The quantitative estimate of drug-likeness (QED) is 0.812. The molecule has 0 amide bonds. The van der Waals surface area contributed by atoms with E-state index < -0.39 is 0 Å². The van der Waals surface area contributed by atoms with Crippen LogP contribution in [0.2, 0.25) is 10.0 Å². The lowest BCUT2D eigenvalue weighted by atomic mass is 10.0. The molecule has 0 aliphatic carbocycles. The van der Waals surface area contributed by atoms with E-state index in [-0.39, 0.29) is 0 Å². The Bertz CT molecular complexity index is 407. The summed E-state index contributed by atoms with van der Waals surface area (Å²) in [4.78, 5) is 0.